The second-order valence-electron chi connectivity index (χ2n) is 5.84. The zero-order chi connectivity index (χ0) is 18.8. The standard InChI is InChI=1S/C17H19ClF3N3O/c1-4-13(12-7-5-10(2)6-8-12)22-14(25)9-24-11(3)15(18)16(23-24)17(19,20)21/h5-8,13H,4,9H2,1-3H3,(H,22,25). The number of aromatic nitrogens is 2. The topological polar surface area (TPSA) is 46.9 Å². The maximum atomic E-state index is 12.8. The number of rotatable bonds is 5. The normalized spacial score (nSPS) is 12.9. The van der Waals surface area contributed by atoms with E-state index in [4.69, 9.17) is 11.6 Å². The second-order valence-corrected chi connectivity index (χ2v) is 6.22. The van der Waals surface area contributed by atoms with Gasteiger partial charge in [0.05, 0.1) is 16.8 Å². The van der Waals surface area contributed by atoms with E-state index in [1.165, 1.54) is 6.92 Å². The van der Waals surface area contributed by atoms with Crippen molar-refractivity contribution in [1.82, 2.24) is 15.1 Å². The monoisotopic (exact) mass is 373 g/mol. The molecule has 2 aromatic rings. The van der Waals surface area contributed by atoms with Gasteiger partial charge in [0.15, 0.2) is 5.69 Å². The predicted molar refractivity (Wildman–Crippen MR) is 89.3 cm³/mol. The average molecular weight is 374 g/mol. The third-order valence-corrected chi connectivity index (χ3v) is 4.37. The molecule has 0 aliphatic rings. The minimum absolute atomic E-state index is 0.104. The number of carbonyl (C=O) groups excluding carboxylic acids is 1. The molecular weight excluding hydrogens is 355 g/mol. The number of carbonyl (C=O) groups is 1. The Balaban J connectivity index is 2.13. The van der Waals surface area contributed by atoms with Gasteiger partial charge >= 0.3 is 6.18 Å². The maximum Gasteiger partial charge on any atom is 0.436 e. The van der Waals surface area contributed by atoms with Crippen LogP contribution in [0.1, 0.15) is 41.9 Å². The molecule has 4 nitrogen and oxygen atoms in total. The molecule has 136 valence electrons. The number of alkyl halides is 3. The summed E-state index contributed by atoms with van der Waals surface area (Å²) in [6.07, 6.45) is -4.00. The van der Waals surface area contributed by atoms with Crippen LogP contribution in [0.2, 0.25) is 5.02 Å². The molecule has 1 aromatic carbocycles. The van der Waals surface area contributed by atoms with Gasteiger partial charge in [0.2, 0.25) is 5.91 Å². The summed E-state index contributed by atoms with van der Waals surface area (Å²) in [6.45, 7) is 4.95. The number of halogens is 4. The summed E-state index contributed by atoms with van der Waals surface area (Å²) in [5, 5.41) is 5.78. The zero-order valence-corrected chi connectivity index (χ0v) is 14.9. The summed E-state index contributed by atoms with van der Waals surface area (Å²) >= 11 is 5.69. The Morgan fingerprint density at radius 3 is 2.36 bits per heavy atom. The molecular formula is C17H19ClF3N3O. The Kier molecular flexibility index (Phi) is 5.77. The number of aryl methyl sites for hydroxylation is 1. The van der Waals surface area contributed by atoms with Crippen LogP contribution in [0.15, 0.2) is 24.3 Å². The van der Waals surface area contributed by atoms with E-state index in [2.05, 4.69) is 10.4 Å². The lowest BCUT2D eigenvalue weighted by atomic mass is 10.0. The molecule has 1 atom stereocenters. The molecule has 1 unspecified atom stereocenters. The Hall–Kier alpha value is -2.02. The van der Waals surface area contributed by atoms with Gasteiger partial charge in [0.1, 0.15) is 6.54 Å². The Labute approximate surface area is 149 Å². The van der Waals surface area contributed by atoms with Crippen LogP contribution in [0.25, 0.3) is 0 Å². The first kappa shape index (κ1) is 19.3. The second kappa shape index (κ2) is 7.47. The van der Waals surface area contributed by atoms with Gasteiger partial charge in [-0.3, -0.25) is 9.48 Å². The number of hydrogen-bond donors (Lipinski definition) is 1. The SMILES string of the molecule is CCC(NC(=O)Cn1nc(C(F)(F)F)c(Cl)c1C)c1ccc(C)cc1. The minimum Gasteiger partial charge on any atom is -0.348 e. The number of nitrogens with zero attached hydrogens (tertiary/aromatic N) is 2. The van der Waals surface area contributed by atoms with Crippen molar-refractivity contribution >= 4 is 17.5 Å². The molecule has 0 bridgehead atoms. The largest absolute Gasteiger partial charge is 0.436 e. The van der Waals surface area contributed by atoms with Gasteiger partial charge in [-0.05, 0) is 25.8 Å². The lowest BCUT2D eigenvalue weighted by molar-refractivity contribution is -0.141. The predicted octanol–water partition coefficient (Wildman–Crippen LogP) is 4.44. The van der Waals surface area contributed by atoms with Gasteiger partial charge < -0.3 is 5.32 Å². The third kappa shape index (κ3) is 4.54. The molecule has 1 aromatic heterocycles. The highest BCUT2D eigenvalue weighted by Gasteiger charge is 2.38. The van der Waals surface area contributed by atoms with Crippen molar-refractivity contribution in [1.29, 1.82) is 0 Å². The van der Waals surface area contributed by atoms with Crippen LogP contribution < -0.4 is 5.32 Å². The smallest absolute Gasteiger partial charge is 0.348 e. The molecule has 1 heterocycles. The van der Waals surface area contributed by atoms with Crippen LogP contribution >= 0.6 is 11.6 Å². The van der Waals surface area contributed by atoms with Gasteiger partial charge in [-0.15, -0.1) is 0 Å². The number of amides is 1. The molecule has 0 saturated carbocycles. The first-order chi connectivity index (χ1) is 11.6. The van der Waals surface area contributed by atoms with Crippen LogP contribution in [-0.2, 0) is 17.5 Å². The van der Waals surface area contributed by atoms with Crippen LogP contribution in [0.5, 0.6) is 0 Å². The lowest BCUT2D eigenvalue weighted by Gasteiger charge is -2.18. The maximum absolute atomic E-state index is 12.8. The number of hydrogen-bond acceptors (Lipinski definition) is 2. The van der Waals surface area contributed by atoms with E-state index in [-0.39, 0.29) is 18.3 Å². The lowest BCUT2D eigenvalue weighted by Crippen LogP contribution is -2.32. The quantitative estimate of drug-likeness (QED) is 0.842. The molecule has 8 heteroatoms. The van der Waals surface area contributed by atoms with E-state index in [1.807, 2.05) is 38.1 Å². The van der Waals surface area contributed by atoms with Gasteiger partial charge in [0.25, 0.3) is 0 Å². The first-order valence-corrected chi connectivity index (χ1v) is 8.17. The summed E-state index contributed by atoms with van der Waals surface area (Å²) in [7, 11) is 0. The van der Waals surface area contributed by atoms with Crippen molar-refractivity contribution in [3.8, 4) is 0 Å². The number of nitrogens with one attached hydrogen (secondary N) is 1. The van der Waals surface area contributed by atoms with Crippen molar-refractivity contribution in [2.24, 2.45) is 0 Å². The van der Waals surface area contributed by atoms with E-state index >= 15 is 0 Å². The highest BCUT2D eigenvalue weighted by molar-refractivity contribution is 6.32. The van der Waals surface area contributed by atoms with Crippen LogP contribution in [0.3, 0.4) is 0 Å². The zero-order valence-electron chi connectivity index (χ0n) is 14.1. The minimum atomic E-state index is -4.66. The fourth-order valence-electron chi connectivity index (χ4n) is 2.46. The van der Waals surface area contributed by atoms with Crippen molar-refractivity contribution < 1.29 is 18.0 Å². The fraction of sp³-hybridized carbons (Fsp3) is 0.412. The Morgan fingerprint density at radius 1 is 1.28 bits per heavy atom. The van der Waals surface area contributed by atoms with Crippen LogP contribution in [-0.4, -0.2) is 15.7 Å². The van der Waals surface area contributed by atoms with Crippen LogP contribution in [0, 0.1) is 13.8 Å². The van der Waals surface area contributed by atoms with E-state index in [9.17, 15) is 18.0 Å². The van der Waals surface area contributed by atoms with Crippen molar-refractivity contribution in [3.05, 3.63) is 51.8 Å². The van der Waals surface area contributed by atoms with E-state index in [0.717, 1.165) is 15.8 Å². The Morgan fingerprint density at radius 2 is 1.88 bits per heavy atom. The van der Waals surface area contributed by atoms with Gasteiger partial charge in [-0.2, -0.15) is 18.3 Å². The van der Waals surface area contributed by atoms with Gasteiger partial charge in [-0.1, -0.05) is 48.4 Å². The van der Waals surface area contributed by atoms with E-state index in [0.29, 0.717) is 6.42 Å². The molecule has 2 rings (SSSR count). The van der Waals surface area contributed by atoms with Crippen molar-refractivity contribution in [3.63, 3.8) is 0 Å². The average Bonchev–Trinajstić information content (AvgIpc) is 2.82. The molecule has 1 N–H and O–H groups in total. The Bertz CT molecular complexity index is 754. The van der Waals surface area contributed by atoms with Crippen molar-refractivity contribution in [2.75, 3.05) is 0 Å². The molecule has 0 saturated heterocycles. The molecule has 0 radical (unpaired) electrons. The fourth-order valence-corrected chi connectivity index (χ4v) is 2.70. The van der Waals surface area contributed by atoms with E-state index in [1.54, 1.807) is 0 Å². The molecule has 0 fully saturated rings. The number of benzene rings is 1. The summed E-state index contributed by atoms with van der Waals surface area (Å²) in [6, 6.07) is 7.50. The highest BCUT2D eigenvalue weighted by Crippen LogP contribution is 2.35. The van der Waals surface area contributed by atoms with Crippen LogP contribution in [0.4, 0.5) is 13.2 Å². The highest BCUT2D eigenvalue weighted by atomic mass is 35.5. The summed E-state index contributed by atoms with van der Waals surface area (Å²) in [5.74, 6) is -0.427. The van der Waals surface area contributed by atoms with Gasteiger partial charge in [-0.25, -0.2) is 0 Å². The molecule has 1 amide bonds. The molecule has 0 aliphatic heterocycles. The molecule has 25 heavy (non-hydrogen) atoms. The summed E-state index contributed by atoms with van der Waals surface area (Å²) in [5.41, 5.74) is 0.969. The molecule has 0 spiro atoms. The summed E-state index contributed by atoms with van der Waals surface area (Å²) in [4.78, 5) is 12.2. The summed E-state index contributed by atoms with van der Waals surface area (Å²) < 4.78 is 39.5. The molecule has 0 aliphatic carbocycles. The van der Waals surface area contributed by atoms with E-state index < -0.39 is 22.8 Å². The first-order valence-electron chi connectivity index (χ1n) is 7.79. The van der Waals surface area contributed by atoms with Crippen molar-refractivity contribution in [2.45, 2.75) is 46.0 Å². The van der Waals surface area contributed by atoms with Gasteiger partial charge in [0, 0.05) is 0 Å². The third-order valence-electron chi connectivity index (χ3n) is 3.92.